The number of carbonyl (C=O) groups is 1. The van der Waals surface area contributed by atoms with E-state index in [1.54, 1.807) is 6.07 Å². The molecule has 1 aromatic heterocycles. The third-order valence-corrected chi connectivity index (χ3v) is 4.04. The third-order valence-electron chi connectivity index (χ3n) is 4.04. The normalized spacial score (nSPS) is 13.2. The molecule has 3 rings (SSSR count). The van der Waals surface area contributed by atoms with E-state index < -0.39 is 0 Å². The molecule has 134 valence electrons. The molecule has 1 heterocycles. The Kier molecular flexibility index (Phi) is 7.93. The molecule has 2 N–H and O–H groups in total. The van der Waals surface area contributed by atoms with Gasteiger partial charge in [-0.1, -0.05) is 6.07 Å². The molecule has 0 saturated heterocycles. The van der Waals surface area contributed by atoms with Crippen LogP contribution in [0.4, 0.5) is 4.39 Å². The molecule has 2 aromatic rings. The molecule has 1 aliphatic rings. The first-order chi connectivity index (χ1) is 10.6. The van der Waals surface area contributed by atoms with Crippen LogP contribution in [0.2, 0.25) is 0 Å². The van der Waals surface area contributed by atoms with Gasteiger partial charge >= 0.3 is 0 Å². The highest BCUT2D eigenvalue weighted by Crippen LogP contribution is 2.27. The van der Waals surface area contributed by atoms with Crippen molar-refractivity contribution in [2.75, 3.05) is 19.6 Å². The summed E-state index contributed by atoms with van der Waals surface area (Å²) in [5, 5.41) is 6.02. The van der Waals surface area contributed by atoms with Crippen LogP contribution in [-0.2, 0) is 18.3 Å². The summed E-state index contributed by atoms with van der Waals surface area (Å²) in [5.41, 5.74) is 1.16. The number of fused-ring (bicyclic) bond motifs is 1. The van der Waals surface area contributed by atoms with Crippen LogP contribution in [0.1, 0.15) is 18.7 Å². The summed E-state index contributed by atoms with van der Waals surface area (Å²) < 4.78 is 15.6. The fourth-order valence-electron chi connectivity index (χ4n) is 2.54. The Labute approximate surface area is 153 Å². The number of nitrogens with zero attached hydrogens (tertiary/aromatic N) is 2. The fraction of sp³-hybridized carbons (Fsp3) is 0.500. The van der Waals surface area contributed by atoms with Crippen LogP contribution in [0.15, 0.2) is 18.2 Å². The van der Waals surface area contributed by atoms with Crippen molar-refractivity contribution in [2.45, 2.75) is 19.3 Å². The Hall–Kier alpha value is -1.37. The minimum Gasteiger partial charge on any atom is -0.355 e. The lowest BCUT2D eigenvalue weighted by atomic mass is 10.3. The highest BCUT2D eigenvalue weighted by atomic mass is 35.5. The second-order valence-electron chi connectivity index (χ2n) is 5.87. The van der Waals surface area contributed by atoms with E-state index in [9.17, 15) is 9.18 Å². The minimum absolute atomic E-state index is 0. The van der Waals surface area contributed by atoms with Gasteiger partial charge in [0, 0.05) is 20.0 Å². The molecule has 5 nitrogen and oxygen atoms in total. The number of para-hydroxylation sites is 1. The van der Waals surface area contributed by atoms with Crippen LogP contribution in [0.3, 0.4) is 0 Å². The van der Waals surface area contributed by atoms with Crippen LogP contribution in [0, 0.1) is 11.7 Å². The summed E-state index contributed by atoms with van der Waals surface area (Å²) in [6.45, 7) is 1.79. The molecule has 0 unspecified atom stereocenters. The van der Waals surface area contributed by atoms with Crippen molar-refractivity contribution in [1.29, 1.82) is 0 Å². The van der Waals surface area contributed by atoms with Gasteiger partial charge in [-0.05, 0) is 37.4 Å². The van der Waals surface area contributed by atoms with Crippen molar-refractivity contribution < 1.29 is 9.18 Å². The van der Waals surface area contributed by atoms with Crippen molar-refractivity contribution >= 4 is 41.8 Å². The van der Waals surface area contributed by atoms with E-state index in [1.807, 2.05) is 17.7 Å². The number of rotatable bonds is 7. The van der Waals surface area contributed by atoms with Gasteiger partial charge in [0.05, 0.1) is 12.1 Å². The average molecular weight is 377 g/mol. The van der Waals surface area contributed by atoms with Gasteiger partial charge in [0.1, 0.15) is 11.3 Å². The molecule has 1 saturated carbocycles. The molecule has 0 aliphatic heterocycles. The van der Waals surface area contributed by atoms with Gasteiger partial charge < -0.3 is 15.2 Å². The average Bonchev–Trinajstić information content (AvgIpc) is 3.26. The topological polar surface area (TPSA) is 59.0 Å². The summed E-state index contributed by atoms with van der Waals surface area (Å²) in [7, 11) is 1.86. The van der Waals surface area contributed by atoms with E-state index >= 15 is 0 Å². The quantitative estimate of drug-likeness (QED) is 0.778. The lowest BCUT2D eigenvalue weighted by molar-refractivity contribution is -0.120. The first-order valence-electron chi connectivity index (χ1n) is 7.72. The maximum absolute atomic E-state index is 13.7. The number of aryl methyl sites for hydroxylation is 1. The van der Waals surface area contributed by atoms with Gasteiger partial charge in [-0.2, -0.15) is 0 Å². The molecule has 0 spiro atoms. The molecule has 8 heteroatoms. The zero-order valence-corrected chi connectivity index (χ0v) is 15.2. The van der Waals surface area contributed by atoms with Crippen LogP contribution >= 0.6 is 24.8 Å². The van der Waals surface area contributed by atoms with Gasteiger partial charge in [0.2, 0.25) is 5.91 Å². The van der Waals surface area contributed by atoms with E-state index in [1.165, 1.54) is 18.9 Å². The lowest BCUT2D eigenvalue weighted by Gasteiger charge is -2.06. The largest absolute Gasteiger partial charge is 0.355 e. The van der Waals surface area contributed by atoms with Crippen molar-refractivity contribution in [3.8, 4) is 0 Å². The number of halogens is 3. The molecule has 1 aromatic carbocycles. The molecule has 1 aliphatic carbocycles. The number of nitrogens with one attached hydrogen (secondary N) is 2. The molecule has 24 heavy (non-hydrogen) atoms. The maximum atomic E-state index is 13.7. The predicted molar refractivity (Wildman–Crippen MR) is 97.5 cm³/mol. The lowest BCUT2D eigenvalue weighted by Crippen LogP contribution is -2.35. The molecular weight excluding hydrogens is 354 g/mol. The second kappa shape index (κ2) is 9.20. The Bertz CT molecular complexity index is 688. The summed E-state index contributed by atoms with van der Waals surface area (Å²) in [6, 6.07) is 4.93. The summed E-state index contributed by atoms with van der Waals surface area (Å²) >= 11 is 0. The minimum atomic E-state index is -0.312. The molecular formula is C16H23Cl2FN4O. The van der Waals surface area contributed by atoms with E-state index in [0.29, 0.717) is 25.0 Å². The first kappa shape index (κ1) is 20.7. The van der Waals surface area contributed by atoms with Gasteiger partial charge in [-0.3, -0.25) is 4.79 Å². The van der Waals surface area contributed by atoms with E-state index in [0.717, 1.165) is 23.8 Å². The van der Waals surface area contributed by atoms with Crippen molar-refractivity contribution in [2.24, 2.45) is 13.0 Å². The summed E-state index contributed by atoms with van der Waals surface area (Å²) in [5.74, 6) is 1.22. The molecule has 1 fully saturated rings. The summed E-state index contributed by atoms with van der Waals surface area (Å²) in [6.07, 6.45) is 3.13. The Morgan fingerprint density at radius 2 is 2.12 bits per heavy atom. The third kappa shape index (κ3) is 5.06. The molecule has 1 amide bonds. The molecule has 0 radical (unpaired) electrons. The predicted octanol–water partition coefficient (Wildman–Crippen LogP) is 2.21. The van der Waals surface area contributed by atoms with Crippen LogP contribution in [0.5, 0.6) is 0 Å². The number of imidazole rings is 1. The van der Waals surface area contributed by atoms with Crippen LogP contribution in [0.25, 0.3) is 11.0 Å². The fourth-order valence-corrected chi connectivity index (χ4v) is 2.54. The Morgan fingerprint density at radius 3 is 2.79 bits per heavy atom. The van der Waals surface area contributed by atoms with Gasteiger partial charge in [0.15, 0.2) is 5.82 Å². The zero-order valence-electron chi connectivity index (χ0n) is 13.5. The molecule has 0 bridgehead atoms. The second-order valence-corrected chi connectivity index (χ2v) is 5.87. The van der Waals surface area contributed by atoms with E-state index in [2.05, 4.69) is 15.6 Å². The van der Waals surface area contributed by atoms with Crippen LogP contribution < -0.4 is 10.6 Å². The number of hydrogen-bond acceptors (Lipinski definition) is 3. The number of hydrogen-bond donors (Lipinski definition) is 2. The molecule has 0 atom stereocenters. The number of benzene rings is 1. The SMILES string of the molecule is Cl.Cl.Cn1c(CCNC(=O)CNCC2CC2)nc2c(F)cccc21. The smallest absolute Gasteiger partial charge is 0.233 e. The summed E-state index contributed by atoms with van der Waals surface area (Å²) in [4.78, 5) is 16.0. The number of amides is 1. The van der Waals surface area contributed by atoms with Crippen molar-refractivity contribution in [1.82, 2.24) is 20.2 Å². The highest BCUT2D eigenvalue weighted by molar-refractivity contribution is 5.85. The van der Waals surface area contributed by atoms with Gasteiger partial charge in [-0.15, -0.1) is 24.8 Å². The van der Waals surface area contributed by atoms with Crippen molar-refractivity contribution in [3.63, 3.8) is 0 Å². The Morgan fingerprint density at radius 1 is 1.38 bits per heavy atom. The van der Waals surface area contributed by atoms with Gasteiger partial charge in [0.25, 0.3) is 0 Å². The number of aromatic nitrogens is 2. The Balaban J connectivity index is 0.00000144. The van der Waals surface area contributed by atoms with Crippen molar-refractivity contribution in [3.05, 3.63) is 29.8 Å². The van der Waals surface area contributed by atoms with Crippen LogP contribution in [-0.4, -0.2) is 35.1 Å². The monoisotopic (exact) mass is 376 g/mol. The first-order valence-corrected chi connectivity index (χ1v) is 7.72. The highest BCUT2D eigenvalue weighted by Gasteiger charge is 2.20. The van der Waals surface area contributed by atoms with E-state index in [-0.39, 0.29) is 36.5 Å². The standard InChI is InChI=1S/C16H21FN4O.2ClH/c1-21-13-4-2-3-12(17)16(13)20-14(21)7-8-19-15(22)10-18-9-11-5-6-11;;/h2-4,11,18H,5-10H2,1H3,(H,19,22);2*1H. The van der Waals surface area contributed by atoms with Gasteiger partial charge in [-0.25, -0.2) is 9.37 Å². The van der Waals surface area contributed by atoms with E-state index in [4.69, 9.17) is 0 Å². The zero-order chi connectivity index (χ0) is 15.5. The maximum Gasteiger partial charge on any atom is 0.233 e. The number of carbonyl (C=O) groups excluding carboxylic acids is 1.